The predicted octanol–water partition coefficient (Wildman–Crippen LogP) is 3.36. The standard InChI is InChI=1S/C19H33NO2/c1-12(2)16(21)18(3,4)11-20-17(22)19-8-13-5-14(9-19)7-15(6-13)10-19/h12-16,21H,5-11H2,1-4H3,(H,20,22)/t13?,14?,15?,16-,19?/m0/s1. The van der Waals surface area contributed by atoms with Gasteiger partial charge in [-0.3, -0.25) is 4.79 Å². The molecule has 22 heavy (non-hydrogen) atoms. The highest BCUT2D eigenvalue weighted by atomic mass is 16.3. The van der Waals surface area contributed by atoms with Crippen LogP contribution in [0.25, 0.3) is 0 Å². The zero-order chi connectivity index (χ0) is 16.1. The number of hydrogen-bond donors (Lipinski definition) is 2. The van der Waals surface area contributed by atoms with Crippen LogP contribution in [0.5, 0.6) is 0 Å². The lowest BCUT2D eigenvalue weighted by Crippen LogP contribution is -2.55. The highest BCUT2D eigenvalue weighted by Crippen LogP contribution is 2.60. The Bertz CT molecular complexity index is 405. The maximum absolute atomic E-state index is 12.9. The van der Waals surface area contributed by atoms with Crippen LogP contribution in [-0.4, -0.2) is 23.7 Å². The van der Waals surface area contributed by atoms with Gasteiger partial charge in [0.25, 0.3) is 0 Å². The molecule has 3 heteroatoms. The number of nitrogens with one attached hydrogen (secondary N) is 1. The van der Waals surface area contributed by atoms with Gasteiger partial charge in [-0.2, -0.15) is 0 Å². The molecule has 4 fully saturated rings. The largest absolute Gasteiger partial charge is 0.392 e. The maximum Gasteiger partial charge on any atom is 0.226 e. The Hall–Kier alpha value is -0.570. The van der Waals surface area contributed by atoms with Crippen LogP contribution in [0, 0.1) is 34.5 Å². The minimum atomic E-state index is -0.385. The van der Waals surface area contributed by atoms with Crippen LogP contribution in [0.2, 0.25) is 0 Å². The minimum Gasteiger partial charge on any atom is -0.392 e. The fraction of sp³-hybridized carbons (Fsp3) is 0.947. The Morgan fingerprint density at radius 2 is 1.59 bits per heavy atom. The average Bonchev–Trinajstić information content (AvgIpc) is 2.42. The zero-order valence-electron chi connectivity index (χ0n) is 14.7. The Kier molecular flexibility index (Phi) is 4.08. The Morgan fingerprint density at radius 1 is 1.14 bits per heavy atom. The van der Waals surface area contributed by atoms with Gasteiger partial charge in [-0.15, -0.1) is 0 Å². The van der Waals surface area contributed by atoms with Crippen LogP contribution in [0.3, 0.4) is 0 Å². The molecule has 0 unspecified atom stereocenters. The van der Waals surface area contributed by atoms with Gasteiger partial charge in [-0.1, -0.05) is 27.7 Å². The lowest BCUT2D eigenvalue weighted by molar-refractivity contribution is -0.147. The predicted molar refractivity (Wildman–Crippen MR) is 88.2 cm³/mol. The van der Waals surface area contributed by atoms with Gasteiger partial charge in [0.15, 0.2) is 0 Å². The quantitative estimate of drug-likeness (QED) is 0.818. The van der Waals surface area contributed by atoms with Crippen molar-refractivity contribution in [2.24, 2.45) is 34.5 Å². The summed E-state index contributed by atoms with van der Waals surface area (Å²) in [6.07, 6.45) is 7.04. The molecule has 4 aliphatic rings. The van der Waals surface area contributed by atoms with Crippen molar-refractivity contribution in [1.29, 1.82) is 0 Å². The Balaban J connectivity index is 1.63. The summed E-state index contributed by atoms with van der Waals surface area (Å²) in [4.78, 5) is 12.9. The molecule has 2 N–H and O–H groups in total. The summed E-state index contributed by atoms with van der Waals surface area (Å²) in [5, 5.41) is 13.6. The molecule has 4 saturated carbocycles. The summed E-state index contributed by atoms with van der Waals surface area (Å²) >= 11 is 0. The van der Waals surface area contributed by atoms with Crippen molar-refractivity contribution in [3.63, 3.8) is 0 Å². The topological polar surface area (TPSA) is 49.3 Å². The van der Waals surface area contributed by atoms with Crippen molar-refractivity contribution in [2.45, 2.75) is 72.3 Å². The van der Waals surface area contributed by atoms with Crippen molar-refractivity contribution in [2.75, 3.05) is 6.54 Å². The normalized spacial score (nSPS) is 38.4. The van der Waals surface area contributed by atoms with E-state index in [1.54, 1.807) is 0 Å². The summed E-state index contributed by atoms with van der Waals surface area (Å²) in [5.74, 6) is 2.88. The summed E-state index contributed by atoms with van der Waals surface area (Å²) < 4.78 is 0. The maximum atomic E-state index is 12.9. The van der Waals surface area contributed by atoms with E-state index in [1.807, 2.05) is 13.8 Å². The summed E-state index contributed by atoms with van der Waals surface area (Å²) in [7, 11) is 0. The van der Waals surface area contributed by atoms with Crippen LogP contribution in [0.4, 0.5) is 0 Å². The molecule has 0 saturated heterocycles. The van der Waals surface area contributed by atoms with Crippen molar-refractivity contribution in [1.82, 2.24) is 5.32 Å². The lowest BCUT2D eigenvalue weighted by atomic mass is 9.49. The van der Waals surface area contributed by atoms with Gasteiger partial charge < -0.3 is 10.4 Å². The monoisotopic (exact) mass is 307 g/mol. The van der Waals surface area contributed by atoms with Gasteiger partial charge >= 0.3 is 0 Å². The number of amides is 1. The molecule has 4 aliphatic carbocycles. The van der Waals surface area contributed by atoms with E-state index >= 15 is 0 Å². The average molecular weight is 307 g/mol. The molecular formula is C19H33NO2. The first-order valence-corrected chi connectivity index (χ1v) is 9.18. The van der Waals surface area contributed by atoms with Gasteiger partial charge in [-0.25, -0.2) is 0 Å². The first-order chi connectivity index (χ1) is 10.2. The molecule has 0 aromatic carbocycles. The van der Waals surface area contributed by atoms with E-state index in [0.717, 1.165) is 37.0 Å². The number of hydrogen-bond acceptors (Lipinski definition) is 2. The second kappa shape index (κ2) is 5.51. The zero-order valence-corrected chi connectivity index (χ0v) is 14.7. The molecule has 0 heterocycles. The van der Waals surface area contributed by atoms with E-state index in [2.05, 4.69) is 19.2 Å². The summed E-state index contributed by atoms with van der Waals surface area (Å²) in [6, 6.07) is 0. The minimum absolute atomic E-state index is 0.0758. The van der Waals surface area contributed by atoms with Crippen molar-refractivity contribution < 1.29 is 9.90 Å². The molecule has 0 aliphatic heterocycles. The van der Waals surface area contributed by atoms with E-state index in [1.165, 1.54) is 19.3 Å². The number of aliphatic hydroxyl groups excluding tert-OH is 1. The first-order valence-electron chi connectivity index (χ1n) is 9.18. The highest BCUT2D eigenvalue weighted by Gasteiger charge is 2.54. The van der Waals surface area contributed by atoms with E-state index in [9.17, 15) is 9.90 Å². The molecule has 0 radical (unpaired) electrons. The van der Waals surface area contributed by atoms with Gasteiger partial charge in [0, 0.05) is 17.4 Å². The van der Waals surface area contributed by atoms with Crippen LogP contribution in [-0.2, 0) is 4.79 Å². The van der Waals surface area contributed by atoms with E-state index in [4.69, 9.17) is 0 Å². The second-order valence-corrected chi connectivity index (χ2v) is 9.56. The fourth-order valence-corrected chi connectivity index (χ4v) is 5.89. The number of carbonyl (C=O) groups excluding carboxylic acids is 1. The van der Waals surface area contributed by atoms with Crippen LogP contribution in [0.15, 0.2) is 0 Å². The lowest BCUT2D eigenvalue weighted by Gasteiger charge is -2.55. The molecule has 3 nitrogen and oxygen atoms in total. The molecule has 4 rings (SSSR count). The van der Waals surface area contributed by atoms with Gasteiger partial charge in [0.05, 0.1) is 6.10 Å². The molecule has 1 amide bonds. The third-order valence-electron chi connectivity index (χ3n) is 6.66. The Morgan fingerprint density at radius 3 is 2.00 bits per heavy atom. The van der Waals surface area contributed by atoms with Gasteiger partial charge in [0.2, 0.25) is 5.91 Å². The summed E-state index contributed by atoms with van der Waals surface area (Å²) in [6.45, 7) is 8.75. The summed E-state index contributed by atoms with van der Waals surface area (Å²) in [5.41, 5.74) is -0.347. The molecular weight excluding hydrogens is 274 g/mol. The Labute approximate surface area is 135 Å². The molecule has 4 bridgehead atoms. The van der Waals surface area contributed by atoms with Crippen molar-refractivity contribution in [3.05, 3.63) is 0 Å². The fourth-order valence-electron chi connectivity index (χ4n) is 5.89. The van der Waals surface area contributed by atoms with Crippen LogP contribution >= 0.6 is 0 Å². The van der Waals surface area contributed by atoms with Gasteiger partial charge in [-0.05, 0) is 62.2 Å². The molecule has 0 spiro atoms. The van der Waals surface area contributed by atoms with E-state index in [-0.39, 0.29) is 28.8 Å². The van der Waals surface area contributed by atoms with Gasteiger partial charge in [0.1, 0.15) is 0 Å². The van der Waals surface area contributed by atoms with E-state index < -0.39 is 0 Å². The van der Waals surface area contributed by atoms with Crippen molar-refractivity contribution in [3.8, 4) is 0 Å². The number of carbonyl (C=O) groups is 1. The highest BCUT2D eigenvalue weighted by molar-refractivity contribution is 5.83. The second-order valence-electron chi connectivity index (χ2n) is 9.56. The molecule has 0 aromatic heterocycles. The molecule has 126 valence electrons. The van der Waals surface area contributed by atoms with E-state index in [0.29, 0.717) is 6.54 Å². The number of rotatable bonds is 5. The van der Waals surface area contributed by atoms with Crippen LogP contribution < -0.4 is 5.32 Å². The smallest absolute Gasteiger partial charge is 0.226 e. The number of aliphatic hydroxyl groups is 1. The van der Waals surface area contributed by atoms with Crippen molar-refractivity contribution >= 4 is 5.91 Å². The third-order valence-corrected chi connectivity index (χ3v) is 6.66. The molecule has 1 atom stereocenters. The molecule has 0 aromatic rings. The van der Waals surface area contributed by atoms with Crippen LogP contribution in [0.1, 0.15) is 66.2 Å². The third kappa shape index (κ3) is 2.81. The SMILES string of the molecule is CC(C)[C@H](O)C(C)(C)CNC(=O)C12CC3CC(CC(C3)C1)C2. The first kappa shape index (κ1) is 16.3.